The molecule has 94 valence electrons. The highest BCUT2D eigenvalue weighted by Gasteiger charge is 2.17. The van der Waals surface area contributed by atoms with Crippen LogP contribution in [0.1, 0.15) is 5.56 Å². The maximum Gasteiger partial charge on any atom is 0.309 e. The molecule has 0 bridgehead atoms. The van der Waals surface area contributed by atoms with Gasteiger partial charge in [0, 0.05) is 26.9 Å². The van der Waals surface area contributed by atoms with Crippen LogP contribution >= 0.6 is 0 Å². The van der Waals surface area contributed by atoms with Gasteiger partial charge in [-0.3, -0.25) is 4.79 Å². The normalized spacial score (nSPS) is 12.2. The number of hydrogen-bond acceptors (Lipinski definition) is 3. The maximum absolute atomic E-state index is 11.0. The summed E-state index contributed by atoms with van der Waals surface area (Å²) in [4.78, 5) is 13.0. The second-order valence-corrected chi connectivity index (χ2v) is 4.26. The number of hydrogen-bond donors (Lipinski definition) is 1. The fraction of sp³-hybridized carbons (Fsp3) is 0.462. The highest BCUT2D eigenvalue weighted by Crippen LogP contribution is 2.15. The first-order chi connectivity index (χ1) is 8.04. The van der Waals surface area contributed by atoms with Gasteiger partial charge in [-0.15, -0.1) is 0 Å². The van der Waals surface area contributed by atoms with E-state index in [1.165, 1.54) is 7.11 Å². The molecule has 1 unspecified atom stereocenters. The van der Waals surface area contributed by atoms with E-state index in [0.717, 1.165) is 11.3 Å². The Labute approximate surface area is 102 Å². The summed E-state index contributed by atoms with van der Waals surface area (Å²) in [5.74, 6) is -1.30. The van der Waals surface area contributed by atoms with Crippen LogP contribution in [-0.2, 0) is 16.0 Å². The maximum atomic E-state index is 11.0. The van der Waals surface area contributed by atoms with Crippen molar-refractivity contribution in [2.75, 3.05) is 32.7 Å². The summed E-state index contributed by atoms with van der Waals surface area (Å²) in [7, 11) is 5.46. The van der Waals surface area contributed by atoms with Gasteiger partial charge in [0.25, 0.3) is 0 Å². The lowest BCUT2D eigenvalue weighted by molar-refractivity contribution is -0.143. The fourth-order valence-electron chi connectivity index (χ4n) is 1.63. The lowest BCUT2D eigenvalue weighted by Crippen LogP contribution is -2.21. The average Bonchev–Trinajstić information content (AvgIpc) is 2.29. The zero-order valence-corrected chi connectivity index (χ0v) is 10.5. The third-order valence-electron chi connectivity index (χ3n) is 2.65. The number of benzene rings is 1. The number of aliphatic carboxylic acids is 1. The van der Waals surface area contributed by atoms with E-state index < -0.39 is 11.9 Å². The molecule has 17 heavy (non-hydrogen) atoms. The number of anilines is 1. The van der Waals surface area contributed by atoms with Crippen molar-refractivity contribution < 1.29 is 14.6 Å². The highest BCUT2D eigenvalue weighted by atomic mass is 16.5. The first-order valence-electron chi connectivity index (χ1n) is 5.52. The van der Waals surface area contributed by atoms with Crippen LogP contribution in [0.5, 0.6) is 0 Å². The molecule has 1 atom stereocenters. The molecule has 0 aliphatic carbocycles. The van der Waals surface area contributed by atoms with E-state index in [9.17, 15) is 4.79 Å². The predicted octanol–water partition coefficient (Wildman–Crippen LogP) is 1.64. The summed E-state index contributed by atoms with van der Waals surface area (Å²) < 4.78 is 4.91. The van der Waals surface area contributed by atoms with E-state index in [1.807, 2.05) is 43.3 Å². The van der Waals surface area contributed by atoms with E-state index >= 15 is 0 Å². The first kappa shape index (κ1) is 13.5. The van der Waals surface area contributed by atoms with Crippen LogP contribution in [-0.4, -0.2) is 38.9 Å². The zero-order chi connectivity index (χ0) is 12.8. The molecule has 0 saturated heterocycles. The number of nitrogens with zero attached hydrogens (tertiary/aromatic N) is 1. The lowest BCUT2D eigenvalue weighted by Gasteiger charge is -2.14. The Kier molecular flexibility index (Phi) is 4.97. The van der Waals surface area contributed by atoms with E-state index in [2.05, 4.69) is 0 Å². The minimum absolute atomic E-state index is 0.241. The van der Waals surface area contributed by atoms with Gasteiger partial charge < -0.3 is 14.7 Å². The Bertz CT molecular complexity index is 359. The summed E-state index contributed by atoms with van der Waals surface area (Å²) in [5, 5.41) is 9.02. The molecule has 0 spiro atoms. The number of rotatable bonds is 6. The Morgan fingerprint density at radius 1 is 1.35 bits per heavy atom. The molecular weight excluding hydrogens is 218 g/mol. The molecule has 0 aliphatic rings. The third kappa shape index (κ3) is 4.07. The molecule has 0 saturated carbocycles. The summed E-state index contributed by atoms with van der Waals surface area (Å²) in [5.41, 5.74) is 2.12. The van der Waals surface area contributed by atoms with Crippen LogP contribution in [0.15, 0.2) is 24.3 Å². The average molecular weight is 237 g/mol. The second-order valence-electron chi connectivity index (χ2n) is 4.26. The zero-order valence-electron chi connectivity index (χ0n) is 10.5. The molecule has 0 aliphatic heterocycles. The molecular formula is C13H19NO3. The van der Waals surface area contributed by atoms with Gasteiger partial charge in [-0.25, -0.2) is 0 Å². The predicted molar refractivity (Wildman–Crippen MR) is 67.5 cm³/mol. The molecule has 1 aromatic carbocycles. The molecule has 0 fully saturated rings. The number of methoxy groups -OCH3 is 1. The number of carboxylic acids is 1. The Hall–Kier alpha value is -1.55. The summed E-state index contributed by atoms with van der Waals surface area (Å²) >= 11 is 0. The van der Waals surface area contributed by atoms with Crippen LogP contribution in [0.4, 0.5) is 5.69 Å². The van der Waals surface area contributed by atoms with Crippen LogP contribution < -0.4 is 4.90 Å². The molecule has 1 rings (SSSR count). The minimum Gasteiger partial charge on any atom is -0.481 e. The van der Waals surface area contributed by atoms with Crippen LogP contribution in [0.25, 0.3) is 0 Å². The van der Waals surface area contributed by atoms with Crippen molar-refractivity contribution in [3.63, 3.8) is 0 Å². The van der Waals surface area contributed by atoms with Gasteiger partial charge in [-0.2, -0.15) is 0 Å². The Balaban J connectivity index is 2.70. The molecule has 1 aromatic rings. The standard InChI is InChI=1S/C13H19NO3/c1-14(2)12-6-4-10(5-7-12)8-11(9-17-3)13(15)16/h4-7,11H,8-9H2,1-3H3,(H,15,16). The monoisotopic (exact) mass is 237 g/mol. The lowest BCUT2D eigenvalue weighted by atomic mass is 10.00. The van der Waals surface area contributed by atoms with Crippen molar-refractivity contribution in [2.24, 2.45) is 5.92 Å². The largest absolute Gasteiger partial charge is 0.481 e. The molecule has 1 N–H and O–H groups in total. The topological polar surface area (TPSA) is 49.8 Å². The summed E-state index contributed by atoms with van der Waals surface area (Å²) in [6.45, 7) is 0.241. The van der Waals surface area contributed by atoms with Gasteiger partial charge in [0.15, 0.2) is 0 Å². The van der Waals surface area contributed by atoms with Gasteiger partial charge in [0.1, 0.15) is 0 Å². The first-order valence-corrected chi connectivity index (χ1v) is 5.52. The van der Waals surface area contributed by atoms with E-state index in [-0.39, 0.29) is 6.61 Å². The fourth-order valence-corrected chi connectivity index (χ4v) is 1.63. The number of ether oxygens (including phenoxy) is 1. The van der Waals surface area contributed by atoms with E-state index in [4.69, 9.17) is 9.84 Å². The van der Waals surface area contributed by atoms with Gasteiger partial charge in [0.2, 0.25) is 0 Å². The van der Waals surface area contributed by atoms with E-state index in [0.29, 0.717) is 6.42 Å². The van der Waals surface area contributed by atoms with Crippen molar-refractivity contribution in [1.82, 2.24) is 0 Å². The Morgan fingerprint density at radius 3 is 2.35 bits per heavy atom. The summed E-state index contributed by atoms with van der Waals surface area (Å²) in [6.07, 6.45) is 0.497. The summed E-state index contributed by atoms with van der Waals surface area (Å²) in [6, 6.07) is 7.89. The van der Waals surface area contributed by atoms with Crippen LogP contribution in [0.3, 0.4) is 0 Å². The smallest absolute Gasteiger partial charge is 0.309 e. The third-order valence-corrected chi connectivity index (χ3v) is 2.65. The van der Waals surface area contributed by atoms with Crippen molar-refractivity contribution in [3.8, 4) is 0 Å². The van der Waals surface area contributed by atoms with Gasteiger partial charge in [0.05, 0.1) is 12.5 Å². The quantitative estimate of drug-likeness (QED) is 0.817. The van der Waals surface area contributed by atoms with E-state index in [1.54, 1.807) is 0 Å². The van der Waals surface area contributed by atoms with Gasteiger partial charge in [-0.1, -0.05) is 12.1 Å². The van der Waals surface area contributed by atoms with Crippen molar-refractivity contribution in [1.29, 1.82) is 0 Å². The van der Waals surface area contributed by atoms with Crippen molar-refractivity contribution in [2.45, 2.75) is 6.42 Å². The Morgan fingerprint density at radius 2 is 1.94 bits per heavy atom. The number of carboxylic acid groups (broad SMARTS) is 1. The highest BCUT2D eigenvalue weighted by molar-refractivity contribution is 5.70. The van der Waals surface area contributed by atoms with Gasteiger partial charge >= 0.3 is 5.97 Å². The molecule has 0 radical (unpaired) electrons. The van der Waals surface area contributed by atoms with Crippen molar-refractivity contribution in [3.05, 3.63) is 29.8 Å². The minimum atomic E-state index is -0.816. The van der Waals surface area contributed by atoms with Crippen LogP contribution in [0, 0.1) is 5.92 Å². The molecule has 0 amide bonds. The van der Waals surface area contributed by atoms with Crippen LogP contribution in [0.2, 0.25) is 0 Å². The molecule has 0 heterocycles. The SMILES string of the molecule is COCC(Cc1ccc(N(C)C)cc1)C(=O)O. The molecule has 0 aromatic heterocycles. The molecule has 4 nitrogen and oxygen atoms in total. The molecule has 4 heteroatoms. The van der Waals surface area contributed by atoms with Crippen molar-refractivity contribution >= 4 is 11.7 Å². The second kappa shape index (κ2) is 6.25. The number of carbonyl (C=O) groups is 1. The van der Waals surface area contributed by atoms with Gasteiger partial charge in [-0.05, 0) is 24.1 Å².